The van der Waals surface area contributed by atoms with Crippen molar-refractivity contribution in [1.82, 2.24) is 10.3 Å². The summed E-state index contributed by atoms with van der Waals surface area (Å²) in [5, 5.41) is 16.6. The molecule has 0 spiro atoms. The summed E-state index contributed by atoms with van der Waals surface area (Å²) < 4.78 is 0. The monoisotopic (exact) mass is 268 g/mol. The molecule has 0 saturated heterocycles. The molecule has 0 fully saturated rings. The highest BCUT2D eigenvalue weighted by Gasteiger charge is 2.02. The van der Waals surface area contributed by atoms with E-state index in [9.17, 15) is 5.11 Å². The highest BCUT2D eigenvalue weighted by Crippen LogP contribution is 2.21. The van der Waals surface area contributed by atoms with Gasteiger partial charge in [0.05, 0.1) is 5.01 Å². The maximum absolute atomic E-state index is 9.61. The van der Waals surface area contributed by atoms with Crippen LogP contribution in [0.15, 0.2) is 29.8 Å². The van der Waals surface area contributed by atoms with Crippen LogP contribution < -0.4 is 5.32 Å². The van der Waals surface area contributed by atoms with E-state index >= 15 is 0 Å². The summed E-state index contributed by atoms with van der Waals surface area (Å²) >= 11 is 7.52. The summed E-state index contributed by atoms with van der Waals surface area (Å²) in [4.78, 5) is 4.20. The van der Waals surface area contributed by atoms with Crippen molar-refractivity contribution in [1.29, 1.82) is 0 Å². The zero-order valence-electron chi connectivity index (χ0n) is 9.19. The van der Waals surface area contributed by atoms with Gasteiger partial charge in [0.25, 0.3) is 0 Å². The molecule has 0 atom stereocenters. The molecule has 2 aromatic rings. The molecular formula is C12H13ClN2OS. The van der Waals surface area contributed by atoms with Gasteiger partial charge in [0.2, 0.25) is 0 Å². The second-order valence-corrected chi connectivity index (χ2v) is 5.04. The van der Waals surface area contributed by atoms with Gasteiger partial charge in [0.1, 0.15) is 5.75 Å². The topological polar surface area (TPSA) is 45.1 Å². The number of rotatable bonds is 5. The number of hydrogen-bond donors (Lipinski definition) is 2. The van der Waals surface area contributed by atoms with Crippen molar-refractivity contribution in [2.75, 3.05) is 6.54 Å². The molecule has 1 heterocycles. The van der Waals surface area contributed by atoms with E-state index in [-0.39, 0.29) is 5.75 Å². The average molecular weight is 269 g/mol. The molecule has 0 aliphatic carbocycles. The van der Waals surface area contributed by atoms with Crippen molar-refractivity contribution in [3.05, 3.63) is 45.4 Å². The van der Waals surface area contributed by atoms with Gasteiger partial charge in [-0.05, 0) is 18.2 Å². The SMILES string of the molecule is Oc1ccc(Cl)cc1CNCCc1nccs1. The van der Waals surface area contributed by atoms with Crippen LogP contribution in [0.4, 0.5) is 0 Å². The van der Waals surface area contributed by atoms with Crippen molar-refractivity contribution < 1.29 is 5.11 Å². The minimum absolute atomic E-state index is 0.274. The number of phenols is 1. The number of aromatic hydroxyl groups is 1. The van der Waals surface area contributed by atoms with E-state index in [1.165, 1.54) is 0 Å². The Bertz CT molecular complexity index is 473. The summed E-state index contributed by atoms with van der Waals surface area (Å²) in [6.07, 6.45) is 2.71. The smallest absolute Gasteiger partial charge is 0.120 e. The van der Waals surface area contributed by atoms with E-state index in [1.54, 1.807) is 29.5 Å². The zero-order chi connectivity index (χ0) is 12.1. The average Bonchev–Trinajstić information content (AvgIpc) is 2.82. The predicted octanol–water partition coefficient (Wildman–Crippen LogP) is 2.83. The van der Waals surface area contributed by atoms with Gasteiger partial charge in [-0.15, -0.1) is 11.3 Å². The van der Waals surface area contributed by atoms with E-state index < -0.39 is 0 Å². The Labute approximate surface area is 109 Å². The second kappa shape index (κ2) is 6.00. The molecule has 2 rings (SSSR count). The van der Waals surface area contributed by atoms with E-state index in [2.05, 4.69) is 10.3 Å². The summed E-state index contributed by atoms with van der Waals surface area (Å²) in [5.74, 6) is 0.274. The molecule has 0 amide bonds. The predicted molar refractivity (Wildman–Crippen MR) is 70.6 cm³/mol. The fourth-order valence-electron chi connectivity index (χ4n) is 1.49. The van der Waals surface area contributed by atoms with Crippen LogP contribution in [0.1, 0.15) is 10.6 Å². The van der Waals surface area contributed by atoms with Crippen molar-refractivity contribution >= 4 is 22.9 Å². The van der Waals surface area contributed by atoms with E-state index in [0.717, 1.165) is 23.5 Å². The van der Waals surface area contributed by atoms with Crippen LogP contribution in [0.25, 0.3) is 0 Å². The summed E-state index contributed by atoms with van der Waals surface area (Å²) in [7, 11) is 0. The molecule has 1 aromatic heterocycles. The maximum atomic E-state index is 9.61. The molecule has 0 radical (unpaired) electrons. The van der Waals surface area contributed by atoms with Gasteiger partial charge in [0, 0.05) is 41.7 Å². The second-order valence-electron chi connectivity index (χ2n) is 3.63. The van der Waals surface area contributed by atoms with E-state index in [0.29, 0.717) is 11.6 Å². The normalized spacial score (nSPS) is 10.6. The third-order valence-corrected chi connectivity index (χ3v) is 3.43. The lowest BCUT2D eigenvalue weighted by atomic mass is 10.2. The molecule has 0 aliphatic rings. The molecule has 90 valence electrons. The maximum Gasteiger partial charge on any atom is 0.120 e. The lowest BCUT2D eigenvalue weighted by molar-refractivity contribution is 0.464. The van der Waals surface area contributed by atoms with E-state index in [1.807, 2.05) is 11.6 Å². The molecule has 0 aliphatic heterocycles. The number of nitrogens with zero attached hydrogens (tertiary/aromatic N) is 1. The van der Waals surface area contributed by atoms with Gasteiger partial charge in [-0.2, -0.15) is 0 Å². The van der Waals surface area contributed by atoms with Crippen molar-refractivity contribution in [2.24, 2.45) is 0 Å². The molecular weight excluding hydrogens is 256 g/mol. The number of halogens is 1. The first kappa shape index (κ1) is 12.4. The van der Waals surface area contributed by atoms with Crippen LogP contribution in [-0.2, 0) is 13.0 Å². The third-order valence-electron chi connectivity index (χ3n) is 2.36. The van der Waals surface area contributed by atoms with Gasteiger partial charge < -0.3 is 10.4 Å². The first-order valence-corrected chi connectivity index (χ1v) is 6.58. The number of nitrogens with one attached hydrogen (secondary N) is 1. The van der Waals surface area contributed by atoms with Crippen molar-refractivity contribution in [3.63, 3.8) is 0 Å². The third kappa shape index (κ3) is 3.70. The van der Waals surface area contributed by atoms with Gasteiger partial charge >= 0.3 is 0 Å². The van der Waals surface area contributed by atoms with Gasteiger partial charge in [0.15, 0.2) is 0 Å². The fraction of sp³-hybridized carbons (Fsp3) is 0.250. The highest BCUT2D eigenvalue weighted by molar-refractivity contribution is 7.09. The molecule has 17 heavy (non-hydrogen) atoms. The minimum Gasteiger partial charge on any atom is -0.508 e. The van der Waals surface area contributed by atoms with Crippen LogP contribution in [-0.4, -0.2) is 16.6 Å². The number of aromatic nitrogens is 1. The molecule has 1 aromatic carbocycles. The lowest BCUT2D eigenvalue weighted by Gasteiger charge is -2.06. The zero-order valence-corrected chi connectivity index (χ0v) is 10.8. The van der Waals surface area contributed by atoms with Gasteiger partial charge in [-0.25, -0.2) is 4.98 Å². The van der Waals surface area contributed by atoms with Crippen molar-refractivity contribution in [2.45, 2.75) is 13.0 Å². The Morgan fingerprint density at radius 3 is 3.06 bits per heavy atom. The Balaban J connectivity index is 1.80. The summed E-state index contributed by atoms with van der Waals surface area (Å²) in [5.41, 5.74) is 0.816. The Morgan fingerprint density at radius 2 is 2.29 bits per heavy atom. The molecule has 5 heteroatoms. The number of phenolic OH excluding ortho intramolecular Hbond substituents is 1. The lowest BCUT2D eigenvalue weighted by Crippen LogP contribution is -2.16. The van der Waals surface area contributed by atoms with Crippen LogP contribution in [0.3, 0.4) is 0 Å². The Morgan fingerprint density at radius 1 is 1.41 bits per heavy atom. The molecule has 0 bridgehead atoms. The number of thiazole rings is 1. The van der Waals surface area contributed by atoms with Gasteiger partial charge in [-0.1, -0.05) is 11.6 Å². The molecule has 2 N–H and O–H groups in total. The number of hydrogen-bond acceptors (Lipinski definition) is 4. The van der Waals surface area contributed by atoms with Crippen LogP contribution in [0, 0.1) is 0 Å². The standard InChI is InChI=1S/C12H13ClN2OS/c13-10-1-2-11(16)9(7-10)8-14-4-3-12-15-5-6-17-12/h1-2,5-7,14,16H,3-4,8H2. The van der Waals surface area contributed by atoms with Crippen LogP contribution in [0.5, 0.6) is 5.75 Å². The summed E-state index contributed by atoms with van der Waals surface area (Å²) in [6, 6.07) is 5.06. The minimum atomic E-state index is 0.274. The quantitative estimate of drug-likeness (QED) is 0.820. The van der Waals surface area contributed by atoms with E-state index in [4.69, 9.17) is 11.6 Å². The first-order chi connectivity index (χ1) is 8.25. The van der Waals surface area contributed by atoms with Crippen molar-refractivity contribution in [3.8, 4) is 5.75 Å². The van der Waals surface area contributed by atoms with Crippen LogP contribution in [0.2, 0.25) is 5.02 Å². The number of benzene rings is 1. The fourth-order valence-corrected chi connectivity index (χ4v) is 2.31. The molecule has 3 nitrogen and oxygen atoms in total. The molecule has 0 saturated carbocycles. The molecule has 0 unspecified atom stereocenters. The highest BCUT2D eigenvalue weighted by atomic mass is 35.5. The largest absolute Gasteiger partial charge is 0.508 e. The Kier molecular flexibility index (Phi) is 4.36. The van der Waals surface area contributed by atoms with Crippen LogP contribution >= 0.6 is 22.9 Å². The first-order valence-electron chi connectivity index (χ1n) is 5.32. The Hall–Kier alpha value is -1.10. The van der Waals surface area contributed by atoms with Gasteiger partial charge in [-0.3, -0.25) is 0 Å². The summed E-state index contributed by atoms with van der Waals surface area (Å²) in [6.45, 7) is 1.44.